The van der Waals surface area contributed by atoms with E-state index < -0.39 is 17.9 Å². The Kier molecular flexibility index (Phi) is 10.8. The molecule has 1 aliphatic heterocycles. The van der Waals surface area contributed by atoms with Crippen LogP contribution in [0.25, 0.3) is 0 Å². The zero-order valence-electron chi connectivity index (χ0n) is 22.8. The van der Waals surface area contributed by atoms with E-state index in [-0.39, 0.29) is 25.6 Å². The van der Waals surface area contributed by atoms with Crippen molar-refractivity contribution >= 4 is 58.0 Å². The van der Waals surface area contributed by atoms with E-state index in [0.717, 1.165) is 14.7 Å². The molecule has 1 heterocycles. The number of carbonyl (C=O) groups is 2. The molecule has 1 aliphatic rings. The molecule has 0 aliphatic carbocycles. The van der Waals surface area contributed by atoms with Crippen LogP contribution in [0.3, 0.4) is 0 Å². The van der Waals surface area contributed by atoms with Crippen LogP contribution in [0.15, 0.2) is 83.1 Å². The molecule has 0 bridgehead atoms. The summed E-state index contributed by atoms with van der Waals surface area (Å²) in [4.78, 5) is 25.2. The monoisotopic (exact) mass is 702 g/mol. The molecular weight excluding hydrogens is 674 g/mol. The fourth-order valence-electron chi connectivity index (χ4n) is 4.11. The maximum atomic E-state index is 13.4. The molecule has 0 saturated heterocycles. The molecule has 12 heteroatoms. The lowest BCUT2D eigenvalue weighted by molar-refractivity contribution is -0.139. The summed E-state index contributed by atoms with van der Waals surface area (Å²) in [5.74, 6) is -0.222. The highest BCUT2D eigenvalue weighted by atomic mass is 127. The SMILES string of the molecule is CCOC(=O)C1=C(C)NC(=S)N[C@H]1c1ccccc1OCC(=O)NN=Cc1ccc(OCc2cccc(F)c2)c(I)c1. The normalized spacial score (nSPS) is 14.7. The predicted octanol–water partition coefficient (Wildman–Crippen LogP) is 4.89. The van der Waals surface area contributed by atoms with Gasteiger partial charge >= 0.3 is 5.97 Å². The van der Waals surface area contributed by atoms with Gasteiger partial charge in [-0.25, -0.2) is 14.6 Å². The van der Waals surface area contributed by atoms with Crippen LogP contribution < -0.4 is 25.5 Å². The number of esters is 1. The number of hydrogen-bond donors (Lipinski definition) is 3. The maximum absolute atomic E-state index is 13.4. The number of carbonyl (C=O) groups excluding carboxylic acids is 2. The van der Waals surface area contributed by atoms with Crippen LogP contribution in [0.2, 0.25) is 0 Å². The molecule has 0 saturated carbocycles. The number of thiocarbonyl (C=S) groups is 1. The molecule has 218 valence electrons. The molecular formula is C30H28FIN4O5S. The van der Waals surface area contributed by atoms with Crippen LogP contribution >= 0.6 is 34.8 Å². The van der Waals surface area contributed by atoms with E-state index in [2.05, 4.69) is 43.8 Å². The Morgan fingerprint density at radius 1 is 1.10 bits per heavy atom. The van der Waals surface area contributed by atoms with Crippen LogP contribution in [0.4, 0.5) is 4.39 Å². The second-order valence-electron chi connectivity index (χ2n) is 9.02. The summed E-state index contributed by atoms with van der Waals surface area (Å²) in [5.41, 5.74) is 5.48. The maximum Gasteiger partial charge on any atom is 0.338 e. The molecule has 1 amide bonds. The lowest BCUT2D eigenvalue weighted by Crippen LogP contribution is -2.45. The molecule has 1 atom stereocenters. The fourth-order valence-corrected chi connectivity index (χ4v) is 5.08. The number of hydrazone groups is 1. The van der Waals surface area contributed by atoms with E-state index >= 15 is 0 Å². The number of benzene rings is 3. The largest absolute Gasteiger partial charge is 0.488 e. The first-order valence-corrected chi connectivity index (χ1v) is 14.4. The van der Waals surface area contributed by atoms with Gasteiger partial charge in [0.2, 0.25) is 0 Å². The minimum absolute atomic E-state index is 0.221. The Bertz CT molecular complexity index is 1550. The zero-order valence-corrected chi connectivity index (χ0v) is 25.8. The molecule has 0 aromatic heterocycles. The van der Waals surface area contributed by atoms with E-state index in [4.69, 9.17) is 26.4 Å². The number of ether oxygens (including phenoxy) is 3. The molecule has 4 rings (SSSR count). The Labute approximate surface area is 261 Å². The minimum Gasteiger partial charge on any atom is -0.488 e. The van der Waals surface area contributed by atoms with E-state index in [1.165, 1.54) is 18.3 Å². The van der Waals surface area contributed by atoms with Gasteiger partial charge in [0.05, 0.1) is 28.0 Å². The molecule has 3 N–H and O–H groups in total. The second kappa shape index (κ2) is 14.7. The van der Waals surface area contributed by atoms with Gasteiger partial charge in [0.25, 0.3) is 5.91 Å². The third kappa shape index (κ3) is 8.26. The number of para-hydroxylation sites is 1. The highest BCUT2D eigenvalue weighted by molar-refractivity contribution is 14.1. The Morgan fingerprint density at radius 2 is 1.90 bits per heavy atom. The highest BCUT2D eigenvalue weighted by Gasteiger charge is 2.32. The number of nitrogens with one attached hydrogen (secondary N) is 3. The van der Waals surface area contributed by atoms with E-state index in [9.17, 15) is 14.0 Å². The lowest BCUT2D eigenvalue weighted by atomic mass is 9.95. The van der Waals surface area contributed by atoms with Crippen molar-refractivity contribution in [2.24, 2.45) is 5.10 Å². The average Bonchev–Trinajstić information content (AvgIpc) is 2.95. The summed E-state index contributed by atoms with van der Waals surface area (Å²) in [6, 6.07) is 18.1. The van der Waals surface area contributed by atoms with Crippen LogP contribution in [0.1, 0.15) is 36.6 Å². The number of nitrogens with zero attached hydrogens (tertiary/aromatic N) is 1. The van der Waals surface area contributed by atoms with Gasteiger partial charge < -0.3 is 24.8 Å². The number of amides is 1. The van der Waals surface area contributed by atoms with Crippen LogP contribution in [-0.2, 0) is 20.9 Å². The van der Waals surface area contributed by atoms with Crippen LogP contribution in [-0.4, -0.2) is 36.4 Å². The second-order valence-corrected chi connectivity index (χ2v) is 10.6. The predicted molar refractivity (Wildman–Crippen MR) is 169 cm³/mol. The van der Waals surface area contributed by atoms with Crippen molar-refractivity contribution in [2.45, 2.75) is 26.5 Å². The Morgan fingerprint density at radius 3 is 2.67 bits per heavy atom. The van der Waals surface area contributed by atoms with Crippen molar-refractivity contribution in [3.05, 3.63) is 104 Å². The Hall–Kier alpha value is -4.04. The summed E-state index contributed by atoms with van der Waals surface area (Å²) in [6.07, 6.45) is 1.50. The number of allylic oxidation sites excluding steroid dienone is 1. The fraction of sp³-hybridized carbons (Fsp3) is 0.200. The molecule has 0 unspecified atom stereocenters. The number of halogens is 2. The molecule has 3 aromatic rings. The van der Waals surface area contributed by atoms with E-state index in [1.807, 2.05) is 6.07 Å². The Balaban J connectivity index is 1.35. The summed E-state index contributed by atoms with van der Waals surface area (Å²) < 4.78 is 31.1. The van der Waals surface area contributed by atoms with Gasteiger partial charge in [0.15, 0.2) is 11.7 Å². The summed E-state index contributed by atoms with van der Waals surface area (Å²) in [6.45, 7) is 3.62. The van der Waals surface area contributed by atoms with Gasteiger partial charge in [0, 0.05) is 11.3 Å². The summed E-state index contributed by atoms with van der Waals surface area (Å²) >= 11 is 7.44. The zero-order chi connectivity index (χ0) is 30.1. The first kappa shape index (κ1) is 30.9. The summed E-state index contributed by atoms with van der Waals surface area (Å²) in [7, 11) is 0. The van der Waals surface area contributed by atoms with Gasteiger partial charge in [-0.3, -0.25) is 4.79 Å². The minimum atomic E-state index is -0.627. The lowest BCUT2D eigenvalue weighted by Gasteiger charge is -2.30. The molecule has 3 aromatic carbocycles. The van der Waals surface area contributed by atoms with Crippen molar-refractivity contribution < 1.29 is 28.2 Å². The van der Waals surface area contributed by atoms with Crippen molar-refractivity contribution in [1.82, 2.24) is 16.1 Å². The van der Waals surface area contributed by atoms with Gasteiger partial charge in [0.1, 0.15) is 23.9 Å². The molecule has 0 radical (unpaired) electrons. The van der Waals surface area contributed by atoms with Gasteiger partial charge in [-0.2, -0.15) is 5.10 Å². The van der Waals surface area contributed by atoms with Crippen molar-refractivity contribution in [1.29, 1.82) is 0 Å². The van der Waals surface area contributed by atoms with Gasteiger partial charge in [-0.05, 0) is 96.2 Å². The molecule has 9 nitrogen and oxygen atoms in total. The first-order valence-electron chi connectivity index (χ1n) is 12.9. The van der Waals surface area contributed by atoms with Crippen LogP contribution in [0, 0.1) is 9.39 Å². The molecule has 0 spiro atoms. The third-order valence-corrected chi connectivity index (χ3v) is 7.06. The first-order chi connectivity index (χ1) is 20.2. The third-order valence-electron chi connectivity index (χ3n) is 6.00. The number of rotatable bonds is 11. The highest BCUT2D eigenvalue weighted by Crippen LogP contribution is 2.33. The topological polar surface area (TPSA) is 110 Å². The smallest absolute Gasteiger partial charge is 0.338 e. The van der Waals surface area contributed by atoms with Gasteiger partial charge in [-0.1, -0.05) is 30.3 Å². The average molecular weight is 703 g/mol. The summed E-state index contributed by atoms with van der Waals surface area (Å²) in [5, 5.41) is 10.4. The quantitative estimate of drug-likeness (QED) is 0.0853. The number of hydrogen-bond acceptors (Lipinski definition) is 7. The molecule has 0 fully saturated rings. The van der Waals surface area contributed by atoms with Crippen molar-refractivity contribution in [2.75, 3.05) is 13.2 Å². The van der Waals surface area contributed by atoms with Crippen molar-refractivity contribution in [3.8, 4) is 11.5 Å². The van der Waals surface area contributed by atoms with Crippen molar-refractivity contribution in [3.63, 3.8) is 0 Å². The van der Waals surface area contributed by atoms with Gasteiger partial charge in [-0.15, -0.1) is 0 Å². The van der Waals surface area contributed by atoms with Crippen LogP contribution in [0.5, 0.6) is 11.5 Å². The van der Waals surface area contributed by atoms with E-state index in [0.29, 0.717) is 33.4 Å². The standard InChI is InChI=1S/C30H28FIN4O5S/c1-3-39-29(38)27-18(2)34-30(42)35-28(27)22-9-4-5-10-24(22)41-17-26(37)36-33-15-19-11-12-25(23(32)14-19)40-16-20-7-6-8-21(31)13-20/h4-15,28H,3,16-17H2,1-2H3,(H,36,37)(H2,34,35,42)/t28-/m0/s1. The molecule has 42 heavy (non-hydrogen) atoms. The van der Waals surface area contributed by atoms with E-state index in [1.54, 1.807) is 62.4 Å².